The van der Waals surface area contributed by atoms with Crippen molar-refractivity contribution in [3.8, 4) is 0 Å². The molecular formula is C19H28O3. The molecule has 122 valence electrons. The highest BCUT2D eigenvalue weighted by atomic mass is 16.5. The van der Waals surface area contributed by atoms with Crippen molar-refractivity contribution >= 4 is 5.78 Å². The van der Waals surface area contributed by atoms with Crippen molar-refractivity contribution in [3.05, 3.63) is 35.9 Å². The van der Waals surface area contributed by atoms with Gasteiger partial charge in [0, 0.05) is 11.8 Å². The van der Waals surface area contributed by atoms with Crippen LogP contribution in [0, 0.1) is 5.41 Å². The first kappa shape index (κ1) is 17.2. The zero-order chi connectivity index (χ0) is 16.2. The van der Waals surface area contributed by atoms with Gasteiger partial charge < -0.3 is 9.84 Å². The van der Waals surface area contributed by atoms with E-state index in [1.54, 1.807) is 0 Å². The largest absolute Gasteiger partial charge is 0.393 e. The van der Waals surface area contributed by atoms with Gasteiger partial charge in [-0.3, -0.25) is 4.79 Å². The Balaban J connectivity index is 2.00. The highest BCUT2D eigenvalue weighted by Crippen LogP contribution is 2.36. The van der Waals surface area contributed by atoms with Gasteiger partial charge in [0.25, 0.3) is 0 Å². The van der Waals surface area contributed by atoms with Gasteiger partial charge in [-0.25, -0.2) is 0 Å². The number of hydrogen-bond donors (Lipinski definition) is 1. The Bertz CT molecular complexity index is 481. The Morgan fingerprint density at radius 3 is 2.64 bits per heavy atom. The second-order valence-corrected chi connectivity index (χ2v) is 6.92. The average molecular weight is 304 g/mol. The van der Waals surface area contributed by atoms with Crippen LogP contribution in [0.25, 0.3) is 0 Å². The molecule has 0 aliphatic carbocycles. The third-order valence-electron chi connectivity index (χ3n) is 4.84. The lowest BCUT2D eigenvalue weighted by Gasteiger charge is -2.41. The number of rotatable bonds is 6. The van der Waals surface area contributed by atoms with Crippen LogP contribution in [0.15, 0.2) is 30.3 Å². The van der Waals surface area contributed by atoms with Gasteiger partial charge in [0.05, 0.1) is 18.3 Å². The van der Waals surface area contributed by atoms with Gasteiger partial charge in [0.2, 0.25) is 0 Å². The van der Waals surface area contributed by atoms with Gasteiger partial charge in [-0.1, -0.05) is 51.1 Å². The fraction of sp³-hybridized carbons (Fsp3) is 0.632. The molecule has 2 rings (SSSR count). The fourth-order valence-electron chi connectivity index (χ4n) is 3.08. The molecule has 3 heteroatoms. The molecule has 0 unspecified atom stereocenters. The highest BCUT2D eigenvalue weighted by Gasteiger charge is 2.43. The van der Waals surface area contributed by atoms with Crippen molar-refractivity contribution in [2.45, 2.75) is 71.2 Å². The van der Waals surface area contributed by atoms with Crippen molar-refractivity contribution in [2.24, 2.45) is 5.41 Å². The Labute approximate surface area is 133 Å². The van der Waals surface area contributed by atoms with E-state index in [4.69, 9.17) is 4.74 Å². The van der Waals surface area contributed by atoms with E-state index in [0.29, 0.717) is 19.3 Å². The number of carbonyl (C=O) groups is 1. The van der Waals surface area contributed by atoms with Gasteiger partial charge in [0.1, 0.15) is 5.78 Å². The molecule has 1 fully saturated rings. The monoisotopic (exact) mass is 304 g/mol. The molecule has 0 radical (unpaired) electrons. The SMILES string of the molecule is CC[C@@H](O)C[C@@H]1CC(=O)C(C)(C)[C@H](CCc2ccccc2)O1. The average Bonchev–Trinajstić information content (AvgIpc) is 2.50. The number of ether oxygens (including phenoxy) is 1. The minimum Gasteiger partial charge on any atom is -0.393 e. The van der Waals surface area contributed by atoms with E-state index in [-0.39, 0.29) is 24.1 Å². The summed E-state index contributed by atoms with van der Waals surface area (Å²) in [5.41, 5.74) is 0.827. The molecule has 1 aliphatic heterocycles. The molecule has 1 aromatic rings. The first-order valence-corrected chi connectivity index (χ1v) is 8.34. The number of aliphatic hydroxyl groups excluding tert-OH is 1. The van der Waals surface area contributed by atoms with E-state index in [1.807, 2.05) is 39.0 Å². The maximum absolute atomic E-state index is 12.5. The van der Waals surface area contributed by atoms with E-state index in [9.17, 15) is 9.90 Å². The van der Waals surface area contributed by atoms with E-state index in [2.05, 4.69) is 12.1 Å². The lowest BCUT2D eigenvalue weighted by Crippen LogP contribution is -2.48. The topological polar surface area (TPSA) is 46.5 Å². The summed E-state index contributed by atoms with van der Waals surface area (Å²) in [6.07, 6.45) is 2.82. The van der Waals surface area contributed by atoms with Gasteiger partial charge in [-0.05, 0) is 31.2 Å². The molecule has 0 bridgehead atoms. The van der Waals surface area contributed by atoms with Crippen LogP contribution >= 0.6 is 0 Å². The summed E-state index contributed by atoms with van der Waals surface area (Å²) >= 11 is 0. The highest BCUT2D eigenvalue weighted by molar-refractivity contribution is 5.85. The quantitative estimate of drug-likeness (QED) is 0.874. The molecule has 0 saturated carbocycles. The van der Waals surface area contributed by atoms with Crippen LogP contribution in [0.4, 0.5) is 0 Å². The van der Waals surface area contributed by atoms with Gasteiger partial charge in [-0.15, -0.1) is 0 Å². The maximum atomic E-state index is 12.5. The van der Waals surface area contributed by atoms with Gasteiger partial charge >= 0.3 is 0 Å². The number of benzene rings is 1. The third kappa shape index (κ3) is 4.17. The van der Waals surface area contributed by atoms with Crippen LogP contribution in [0.2, 0.25) is 0 Å². The van der Waals surface area contributed by atoms with E-state index >= 15 is 0 Å². The lowest BCUT2D eigenvalue weighted by atomic mass is 9.75. The Hall–Kier alpha value is -1.19. The second-order valence-electron chi connectivity index (χ2n) is 6.92. The molecule has 0 aromatic heterocycles. The van der Waals surface area contributed by atoms with Crippen LogP contribution in [0.5, 0.6) is 0 Å². The fourth-order valence-corrected chi connectivity index (χ4v) is 3.08. The van der Waals surface area contributed by atoms with Crippen molar-refractivity contribution < 1.29 is 14.6 Å². The van der Waals surface area contributed by atoms with E-state index in [1.165, 1.54) is 5.56 Å². The molecule has 0 spiro atoms. The maximum Gasteiger partial charge on any atom is 0.143 e. The van der Waals surface area contributed by atoms with E-state index in [0.717, 1.165) is 12.8 Å². The summed E-state index contributed by atoms with van der Waals surface area (Å²) < 4.78 is 6.19. The summed E-state index contributed by atoms with van der Waals surface area (Å²) in [5.74, 6) is 0.255. The minimum absolute atomic E-state index is 0.0805. The van der Waals surface area contributed by atoms with Gasteiger partial charge in [-0.2, -0.15) is 0 Å². The Morgan fingerprint density at radius 1 is 1.32 bits per heavy atom. The van der Waals surface area contributed by atoms with Crippen molar-refractivity contribution in [1.29, 1.82) is 0 Å². The molecule has 1 N–H and O–H groups in total. The van der Waals surface area contributed by atoms with Crippen LogP contribution < -0.4 is 0 Å². The molecule has 1 aliphatic rings. The summed E-state index contributed by atoms with van der Waals surface area (Å²) in [5, 5.41) is 9.83. The number of hydrogen-bond acceptors (Lipinski definition) is 3. The summed E-state index contributed by atoms with van der Waals surface area (Å²) in [7, 11) is 0. The standard InChI is InChI=1S/C19H28O3/c1-4-15(20)12-16-13-17(21)19(2,3)18(22-16)11-10-14-8-6-5-7-9-14/h5-9,15-16,18,20H,4,10-13H2,1-3H3/t15-,16-,18+/m1/s1. The van der Waals surface area contributed by atoms with Crippen LogP contribution in [0.3, 0.4) is 0 Å². The zero-order valence-corrected chi connectivity index (χ0v) is 13.9. The Morgan fingerprint density at radius 2 is 2.00 bits per heavy atom. The zero-order valence-electron chi connectivity index (χ0n) is 13.9. The second kappa shape index (κ2) is 7.38. The molecule has 0 amide bonds. The molecular weight excluding hydrogens is 276 g/mol. The van der Waals surface area contributed by atoms with Gasteiger partial charge in [0.15, 0.2) is 0 Å². The normalized spacial score (nSPS) is 25.9. The van der Waals surface area contributed by atoms with Crippen molar-refractivity contribution in [1.82, 2.24) is 0 Å². The Kier molecular flexibility index (Phi) is 5.76. The van der Waals surface area contributed by atoms with Crippen molar-refractivity contribution in [3.63, 3.8) is 0 Å². The minimum atomic E-state index is -0.442. The van der Waals surface area contributed by atoms with Crippen LogP contribution in [-0.2, 0) is 16.0 Å². The predicted molar refractivity (Wildman–Crippen MR) is 87.7 cm³/mol. The molecule has 22 heavy (non-hydrogen) atoms. The molecule has 1 aromatic carbocycles. The molecule has 3 atom stereocenters. The number of ketones is 1. The first-order valence-electron chi connectivity index (χ1n) is 8.34. The summed E-state index contributed by atoms with van der Waals surface area (Å²) in [4.78, 5) is 12.5. The summed E-state index contributed by atoms with van der Waals surface area (Å²) in [6, 6.07) is 10.3. The number of carbonyl (C=O) groups excluding carboxylic acids is 1. The van der Waals surface area contributed by atoms with Crippen molar-refractivity contribution in [2.75, 3.05) is 0 Å². The number of Topliss-reactive ketones (excluding diaryl/α,β-unsaturated/α-hetero) is 1. The first-order chi connectivity index (χ1) is 10.4. The smallest absolute Gasteiger partial charge is 0.143 e. The summed E-state index contributed by atoms with van der Waals surface area (Å²) in [6.45, 7) is 5.92. The third-order valence-corrected chi connectivity index (χ3v) is 4.84. The molecule has 1 saturated heterocycles. The van der Waals surface area contributed by atoms with Crippen LogP contribution in [0.1, 0.15) is 52.0 Å². The molecule has 3 nitrogen and oxygen atoms in total. The van der Waals surface area contributed by atoms with Crippen LogP contribution in [-0.4, -0.2) is 29.2 Å². The number of aliphatic hydroxyl groups is 1. The van der Waals surface area contributed by atoms with E-state index < -0.39 is 5.41 Å². The molecule has 1 heterocycles. The lowest BCUT2D eigenvalue weighted by molar-refractivity contribution is -0.163. The predicted octanol–water partition coefficient (Wildman–Crippen LogP) is 3.53. The number of aryl methyl sites for hydroxylation is 1.